The molecule has 0 saturated carbocycles. The second kappa shape index (κ2) is 7.32. The van der Waals surface area contributed by atoms with Crippen molar-refractivity contribution in [1.29, 1.82) is 0 Å². The van der Waals surface area contributed by atoms with Crippen LogP contribution in [0.3, 0.4) is 0 Å². The van der Waals surface area contributed by atoms with Gasteiger partial charge in [-0.25, -0.2) is 13.1 Å². The van der Waals surface area contributed by atoms with Crippen LogP contribution in [0, 0.1) is 25.7 Å². The van der Waals surface area contributed by atoms with Crippen molar-refractivity contribution in [3.63, 3.8) is 0 Å². The van der Waals surface area contributed by atoms with Gasteiger partial charge >= 0.3 is 0 Å². The fraction of sp³-hybridized carbons (Fsp3) is 0.222. The van der Waals surface area contributed by atoms with Crippen LogP contribution < -0.4 is 10.5 Å². The van der Waals surface area contributed by atoms with Gasteiger partial charge in [0.15, 0.2) is 0 Å². The van der Waals surface area contributed by atoms with Gasteiger partial charge < -0.3 is 5.73 Å². The monoisotopic (exact) mass is 328 g/mol. The van der Waals surface area contributed by atoms with E-state index in [-0.39, 0.29) is 11.4 Å². The summed E-state index contributed by atoms with van der Waals surface area (Å²) in [7, 11) is -3.48. The van der Waals surface area contributed by atoms with Gasteiger partial charge in [-0.15, -0.1) is 0 Å². The summed E-state index contributed by atoms with van der Waals surface area (Å²) in [6.45, 7) is 4.14. The van der Waals surface area contributed by atoms with Crippen LogP contribution in [0.5, 0.6) is 0 Å². The zero-order chi connectivity index (χ0) is 16.9. The van der Waals surface area contributed by atoms with Crippen molar-refractivity contribution in [3.05, 3.63) is 59.2 Å². The first-order chi connectivity index (χ1) is 10.9. The van der Waals surface area contributed by atoms with E-state index in [1.54, 1.807) is 24.3 Å². The average Bonchev–Trinajstić information content (AvgIpc) is 2.50. The number of rotatable bonds is 4. The molecule has 0 heterocycles. The molecule has 23 heavy (non-hydrogen) atoms. The van der Waals surface area contributed by atoms with E-state index in [0.717, 1.165) is 16.7 Å². The number of aryl methyl sites for hydroxylation is 2. The van der Waals surface area contributed by atoms with Gasteiger partial charge in [0.1, 0.15) is 0 Å². The van der Waals surface area contributed by atoms with Crippen molar-refractivity contribution in [2.45, 2.75) is 25.2 Å². The molecule has 0 bridgehead atoms. The van der Waals surface area contributed by atoms with E-state index in [1.807, 2.05) is 32.0 Å². The van der Waals surface area contributed by atoms with Gasteiger partial charge in [0, 0.05) is 24.2 Å². The quantitative estimate of drug-likeness (QED) is 0.515. The largest absolute Gasteiger partial charge is 0.398 e. The smallest absolute Gasteiger partial charge is 0.240 e. The van der Waals surface area contributed by atoms with Crippen molar-refractivity contribution in [1.82, 2.24) is 4.72 Å². The van der Waals surface area contributed by atoms with Crippen LogP contribution in [-0.4, -0.2) is 15.0 Å². The Bertz CT molecular complexity index is 845. The van der Waals surface area contributed by atoms with Crippen LogP contribution >= 0.6 is 0 Å². The molecule has 0 atom stereocenters. The standard InChI is InChI=1S/C18H20N2O2S/c1-14-6-9-17(10-7-14)23(21,22)20-12-4-3-5-16-13-15(2)8-11-18(16)19/h6-11,13,20H,4,12,19H2,1-2H3. The Labute approximate surface area is 137 Å². The third kappa shape index (κ3) is 4.85. The molecule has 5 heteroatoms. The summed E-state index contributed by atoms with van der Waals surface area (Å²) >= 11 is 0. The fourth-order valence-electron chi connectivity index (χ4n) is 1.98. The average molecular weight is 328 g/mol. The van der Waals surface area contributed by atoms with Crippen LogP contribution in [0.4, 0.5) is 5.69 Å². The molecular weight excluding hydrogens is 308 g/mol. The number of nitrogens with one attached hydrogen (secondary N) is 1. The van der Waals surface area contributed by atoms with Gasteiger partial charge in [-0.3, -0.25) is 0 Å². The normalized spacial score (nSPS) is 10.9. The highest BCUT2D eigenvalue weighted by molar-refractivity contribution is 7.89. The molecule has 0 unspecified atom stereocenters. The highest BCUT2D eigenvalue weighted by Gasteiger charge is 2.11. The van der Waals surface area contributed by atoms with E-state index in [4.69, 9.17) is 5.73 Å². The summed E-state index contributed by atoms with van der Waals surface area (Å²) in [4.78, 5) is 0.263. The van der Waals surface area contributed by atoms with Crippen LogP contribution in [0.15, 0.2) is 47.4 Å². The highest BCUT2D eigenvalue weighted by atomic mass is 32.2. The molecular formula is C18H20N2O2S. The molecule has 0 spiro atoms. The summed E-state index contributed by atoms with van der Waals surface area (Å²) in [6.07, 6.45) is 0.415. The van der Waals surface area contributed by atoms with E-state index in [1.165, 1.54) is 0 Å². The van der Waals surface area contributed by atoms with Crippen LogP contribution in [-0.2, 0) is 10.0 Å². The fourth-order valence-corrected chi connectivity index (χ4v) is 3.02. The first-order valence-corrected chi connectivity index (χ1v) is 8.78. The molecule has 0 radical (unpaired) electrons. The summed E-state index contributed by atoms with van der Waals surface area (Å²) < 4.78 is 26.7. The number of hydrogen-bond donors (Lipinski definition) is 2. The lowest BCUT2D eigenvalue weighted by atomic mass is 10.1. The van der Waals surface area contributed by atoms with Crippen LogP contribution in [0.1, 0.15) is 23.1 Å². The number of hydrogen-bond acceptors (Lipinski definition) is 3. The molecule has 0 aliphatic carbocycles. The van der Waals surface area contributed by atoms with Crippen molar-refractivity contribution >= 4 is 15.7 Å². The minimum absolute atomic E-state index is 0.259. The van der Waals surface area contributed by atoms with E-state index in [0.29, 0.717) is 12.1 Å². The van der Waals surface area contributed by atoms with Crippen LogP contribution in [0.2, 0.25) is 0 Å². The number of anilines is 1. The first-order valence-electron chi connectivity index (χ1n) is 7.30. The summed E-state index contributed by atoms with van der Waals surface area (Å²) in [6, 6.07) is 12.4. The minimum atomic E-state index is -3.48. The lowest BCUT2D eigenvalue weighted by Gasteiger charge is -2.05. The molecule has 3 N–H and O–H groups in total. The minimum Gasteiger partial charge on any atom is -0.398 e. The topological polar surface area (TPSA) is 72.2 Å². The maximum absolute atomic E-state index is 12.1. The molecule has 0 aliphatic rings. The second-order valence-corrected chi connectivity index (χ2v) is 7.12. The van der Waals surface area contributed by atoms with Crippen molar-refractivity contribution in [2.24, 2.45) is 0 Å². The molecule has 2 aromatic rings. The molecule has 120 valence electrons. The number of sulfonamides is 1. The third-order valence-corrected chi connectivity index (χ3v) is 4.78. The number of nitrogen functional groups attached to an aromatic ring is 1. The molecule has 0 aromatic heterocycles. The van der Waals surface area contributed by atoms with Crippen molar-refractivity contribution in [2.75, 3.05) is 12.3 Å². The number of benzene rings is 2. The van der Waals surface area contributed by atoms with Gasteiger partial charge in [0.05, 0.1) is 4.90 Å². The number of nitrogens with two attached hydrogens (primary N) is 1. The molecule has 2 rings (SSSR count). The predicted molar refractivity (Wildman–Crippen MR) is 93.5 cm³/mol. The van der Waals surface area contributed by atoms with E-state index in [2.05, 4.69) is 16.6 Å². The molecule has 0 amide bonds. The summed E-state index contributed by atoms with van der Waals surface area (Å²) in [5.41, 5.74) is 9.35. The van der Waals surface area contributed by atoms with Gasteiger partial charge in [-0.1, -0.05) is 35.6 Å². The predicted octanol–water partition coefficient (Wildman–Crippen LogP) is 2.61. The molecule has 0 saturated heterocycles. The summed E-state index contributed by atoms with van der Waals surface area (Å²) in [5.74, 6) is 5.92. The van der Waals surface area contributed by atoms with E-state index in [9.17, 15) is 8.42 Å². The maximum atomic E-state index is 12.1. The zero-order valence-electron chi connectivity index (χ0n) is 13.3. The Morgan fingerprint density at radius 2 is 1.70 bits per heavy atom. The molecule has 0 fully saturated rings. The Morgan fingerprint density at radius 1 is 1.04 bits per heavy atom. The lowest BCUT2D eigenvalue weighted by molar-refractivity contribution is 0.582. The third-order valence-electron chi connectivity index (χ3n) is 3.31. The Hall–Kier alpha value is -2.29. The maximum Gasteiger partial charge on any atom is 0.240 e. The second-order valence-electron chi connectivity index (χ2n) is 5.35. The SMILES string of the molecule is Cc1ccc(S(=O)(=O)NCCC#Cc2cc(C)ccc2N)cc1. The van der Waals surface area contributed by atoms with Crippen molar-refractivity contribution < 1.29 is 8.42 Å². The first kappa shape index (κ1) is 17.1. The Morgan fingerprint density at radius 3 is 2.39 bits per heavy atom. The van der Waals surface area contributed by atoms with Crippen molar-refractivity contribution in [3.8, 4) is 11.8 Å². The Kier molecular flexibility index (Phi) is 5.43. The molecule has 0 aliphatic heterocycles. The molecule has 4 nitrogen and oxygen atoms in total. The lowest BCUT2D eigenvalue weighted by Crippen LogP contribution is -2.24. The van der Waals surface area contributed by atoms with E-state index < -0.39 is 10.0 Å². The van der Waals surface area contributed by atoms with Gasteiger partial charge in [-0.05, 0) is 43.7 Å². The van der Waals surface area contributed by atoms with Gasteiger partial charge in [0.2, 0.25) is 10.0 Å². The van der Waals surface area contributed by atoms with Gasteiger partial charge in [-0.2, -0.15) is 0 Å². The Balaban J connectivity index is 1.94. The van der Waals surface area contributed by atoms with E-state index >= 15 is 0 Å². The molecule has 2 aromatic carbocycles. The zero-order valence-corrected chi connectivity index (χ0v) is 14.1. The summed E-state index contributed by atoms with van der Waals surface area (Å²) in [5, 5.41) is 0. The van der Waals surface area contributed by atoms with Gasteiger partial charge in [0.25, 0.3) is 0 Å². The highest BCUT2D eigenvalue weighted by Crippen LogP contribution is 2.12. The van der Waals surface area contributed by atoms with Crippen LogP contribution in [0.25, 0.3) is 0 Å².